The summed E-state index contributed by atoms with van der Waals surface area (Å²) in [6.07, 6.45) is 1.75. The number of amides is 1. The Morgan fingerprint density at radius 1 is 1.50 bits per heavy atom. The monoisotopic (exact) mass is 229 g/mol. The highest BCUT2D eigenvalue weighted by atomic mass is 16.5. The van der Waals surface area contributed by atoms with Crippen LogP contribution in [0.2, 0.25) is 0 Å². The number of carbonyl (C=O) groups excluding carboxylic acids is 1. The van der Waals surface area contributed by atoms with Crippen LogP contribution >= 0.6 is 0 Å². The predicted octanol–water partition coefficient (Wildman–Crippen LogP) is 0.782. The third-order valence-electron chi connectivity index (χ3n) is 2.85. The van der Waals surface area contributed by atoms with Gasteiger partial charge in [-0.25, -0.2) is 0 Å². The molecule has 1 atom stereocenters. The van der Waals surface area contributed by atoms with E-state index >= 15 is 0 Å². The van der Waals surface area contributed by atoms with Gasteiger partial charge in [-0.1, -0.05) is 0 Å². The molecule has 1 fully saturated rings. The fourth-order valence-corrected chi connectivity index (χ4v) is 1.50. The van der Waals surface area contributed by atoms with Gasteiger partial charge in [-0.05, 0) is 33.1 Å². The van der Waals surface area contributed by atoms with E-state index in [1.54, 1.807) is 13.8 Å². The second-order valence-corrected chi connectivity index (χ2v) is 4.73. The van der Waals surface area contributed by atoms with E-state index < -0.39 is 11.4 Å². The lowest BCUT2D eigenvalue weighted by molar-refractivity contribution is -0.147. The van der Waals surface area contributed by atoms with Crippen LogP contribution in [0, 0.1) is 5.41 Å². The minimum absolute atomic E-state index is 0.126. The first-order chi connectivity index (χ1) is 7.43. The molecule has 0 aliphatic carbocycles. The lowest BCUT2D eigenvalue weighted by atomic mass is 9.90. The molecule has 1 heterocycles. The van der Waals surface area contributed by atoms with Gasteiger partial charge in [0, 0.05) is 13.2 Å². The Balaban J connectivity index is 2.24. The van der Waals surface area contributed by atoms with Gasteiger partial charge in [-0.15, -0.1) is 0 Å². The number of carbonyl (C=O) groups is 2. The molecule has 0 aromatic carbocycles. The van der Waals surface area contributed by atoms with Crippen molar-refractivity contribution in [3.8, 4) is 0 Å². The fraction of sp³-hybridized carbons (Fsp3) is 0.818. The summed E-state index contributed by atoms with van der Waals surface area (Å²) in [5, 5.41) is 11.6. The Morgan fingerprint density at radius 2 is 2.19 bits per heavy atom. The number of nitrogens with one attached hydrogen (secondary N) is 1. The molecule has 5 nitrogen and oxygen atoms in total. The third-order valence-corrected chi connectivity index (χ3v) is 2.85. The maximum absolute atomic E-state index is 11.5. The maximum Gasteiger partial charge on any atom is 0.309 e. The third kappa shape index (κ3) is 3.48. The molecule has 1 rings (SSSR count). The van der Waals surface area contributed by atoms with Gasteiger partial charge in [0.05, 0.1) is 5.41 Å². The summed E-state index contributed by atoms with van der Waals surface area (Å²) >= 11 is 0. The predicted molar refractivity (Wildman–Crippen MR) is 58.0 cm³/mol. The van der Waals surface area contributed by atoms with Crippen LogP contribution in [0.1, 0.15) is 33.1 Å². The zero-order chi connectivity index (χ0) is 12.2. The smallest absolute Gasteiger partial charge is 0.309 e. The van der Waals surface area contributed by atoms with Gasteiger partial charge < -0.3 is 15.2 Å². The molecule has 92 valence electrons. The standard InChI is InChI=1S/C11H19NO4/c1-11(2,10(14)15)5-6-12-9(13)8-4-3-7-16-8/h8H,3-7H2,1-2H3,(H,12,13)(H,14,15)/t8-/m0/s1. The maximum atomic E-state index is 11.5. The van der Waals surface area contributed by atoms with E-state index in [0.29, 0.717) is 19.6 Å². The van der Waals surface area contributed by atoms with Crippen molar-refractivity contribution in [1.29, 1.82) is 0 Å². The quantitative estimate of drug-likeness (QED) is 0.730. The highest BCUT2D eigenvalue weighted by Crippen LogP contribution is 2.19. The van der Waals surface area contributed by atoms with Crippen molar-refractivity contribution in [3.63, 3.8) is 0 Å². The van der Waals surface area contributed by atoms with E-state index in [-0.39, 0.29) is 12.0 Å². The molecule has 5 heteroatoms. The Bertz CT molecular complexity index is 269. The molecule has 1 aliphatic rings. The van der Waals surface area contributed by atoms with Crippen LogP contribution in [0.15, 0.2) is 0 Å². The topological polar surface area (TPSA) is 75.6 Å². The number of carboxylic acid groups (broad SMARTS) is 1. The van der Waals surface area contributed by atoms with E-state index in [9.17, 15) is 9.59 Å². The van der Waals surface area contributed by atoms with Crippen molar-refractivity contribution in [1.82, 2.24) is 5.32 Å². The highest BCUT2D eigenvalue weighted by Gasteiger charge is 2.28. The summed E-state index contributed by atoms with van der Waals surface area (Å²) in [7, 11) is 0. The van der Waals surface area contributed by atoms with Crippen LogP contribution in [-0.4, -0.2) is 36.2 Å². The molecule has 0 spiro atoms. The summed E-state index contributed by atoms with van der Waals surface area (Å²) in [6.45, 7) is 4.30. The first-order valence-corrected chi connectivity index (χ1v) is 5.56. The van der Waals surface area contributed by atoms with E-state index in [4.69, 9.17) is 9.84 Å². The van der Waals surface area contributed by atoms with Crippen molar-refractivity contribution in [2.24, 2.45) is 5.41 Å². The number of ether oxygens (including phenoxy) is 1. The Morgan fingerprint density at radius 3 is 2.69 bits per heavy atom. The molecule has 1 amide bonds. The lowest BCUT2D eigenvalue weighted by Gasteiger charge is -2.19. The summed E-state index contributed by atoms with van der Waals surface area (Å²) in [5.41, 5.74) is -0.802. The minimum Gasteiger partial charge on any atom is -0.481 e. The van der Waals surface area contributed by atoms with Crippen molar-refractivity contribution in [2.45, 2.75) is 39.2 Å². The van der Waals surface area contributed by atoms with Crippen molar-refractivity contribution in [3.05, 3.63) is 0 Å². The van der Waals surface area contributed by atoms with E-state index in [1.165, 1.54) is 0 Å². The molecule has 0 aromatic rings. The lowest BCUT2D eigenvalue weighted by Crippen LogP contribution is -2.37. The van der Waals surface area contributed by atoms with E-state index in [1.807, 2.05) is 0 Å². The summed E-state index contributed by atoms with van der Waals surface area (Å²) in [4.78, 5) is 22.3. The molecule has 0 unspecified atom stereocenters. The van der Waals surface area contributed by atoms with Crippen LogP contribution < -0.4 is 5.32 Å². The number of aliphatic carboxylic acids is 1. The normalized spacial score (nSPS) is 20.8. The zero-order valence-electron chi connectivity index (χ0n) is 9.78. The molecular weight excluding hydrogens is 210 g/mol. The average molecular weight is 229 g/mol. The van der Waals surface area contributed by atoms with Crippen molar-refractivity contribution in [2.75, 3.05) is 13.2 Å². The molecule has 1 saturated heterocycles. The van der Waals surface area contributed by atoms with Crippen LogP contribution in [0.4, 0.5) is 0 Å². The number of carboxylic acids is 1. The molecule has 0 bridgehead atoms. The largest absolute Gasteiger partial charge is 0.481 e. The van der Waals surface area contributed by atoms with Gasteiger partial charge in [-0.3, -0.25) is 9.59 Å². The SMILES string of the molecule is CC(C)(CCNC(=O)[C@@H]1CCCO1)C(=O)O. The summed E-state index contributed by atoms with van der Waals surface area (Å²) in [6, 6.07) is 0. The van der Waals surface area contributed by atoms with Crippen LogP contribution in [-0.2, 0) is 14.3 Å². The molecule has 0 aromatic heterocycles. The fourth-order valence-electron chi connectivity index (χ4n) is 1.50. The Kier molecular flexibility index (Phi) is 4.29. The molecular formula is C11H19NO4. The molecule has 1 aliphatic heterocycles. The molecule has 16 heavy (non-hydrogen) atoms. The number of hydrogen-bond acceptors (Lipinski definition) is 3. The van der Waals surface area contributed by atoms with Gasteiger partial charge >= 0.3 is 5.97 Å². The van der Waals surface area contributed by atoms with Crippen LogP contribution in [0.25, 0.3) is 0 Å². The molecule has 0 radical (unpaired) electrons. The molecule has 0 saturated carbocycles. The van der Waals surface area contributed by atoms with E-state index in [2.05, 4.69) is 5.32 Å². The zero-order valence-corrected chi connectivity index (χ0v) is 9.78. The van der Waals surface area contributed by atoms with Gasteiger partial charge in [0.25, 0.3) is 0 Å². The molecule has 2 N–H and O–H groups in total. The Labute approximate surface area is 95.2 Å². The van der Waals surface area contributed by atoms with Gasteiger partial charge in [-0.2, -0.15) is 0 Å². The first-order valence-electron chi connectivity index (χ1n) is 5.56. The van der Waals surface area contributed by atoms with Crippen molar-refractivity contribution >= 4 is 11.9 Å². The highest BCUT2D eigenvalue weighted by molar-refractivity contribution is 5.81. The second-order valence-electron chi connectivity index (χ2n) is 4.73. The van der Waals surface area contributed by atoms with Gasteiger partial charge in [0.15, 0.2) is 0 Å². The van der Waals surface area contributed by atoms with Gasteiger partial charge in [0.1, 0.15) is 6.10 Å². The summed E-state index contributed by atoms with van der Waals surface area (Å²) in [5.74, 6) is -0.974. The van der Waals surface area contributed by atoms with Crippen LogP contribution in [0.3, 0.4) is 0 Å². The Hall–Kier alpha value is -1.10. The summed E-state index contributed by atoms with van der Waals surface area (Å²) < 4.78 is 5.22. The van der Waals surface area contributed by atoms with Crippen molar-refractivity contribution < 1.29 is 19.4 Å². The number of rotatable bonds is 5. The van der Waals surface area contributed by atoms with E-state index in [0.717, 1.165) is 12.8 Å². The minimum atomic E-state index is -0.848. The van der Waals surface area contributed by atoms with Gasteiger partial charge in [0.2, 0.25) is 5.91 Å². The second kappa shape index (κ2) is 5.30. The van der Waals surface area contributed by atoms with Crippen LogP contribution in [0.5, 0.6) is 0 Å². The first kappa shape index (κ1) is 13.0. The number of hydrogen-bond donors (Lipinski definition) is 2. The average Bonchev–Trinajstić information content (AvgIpc) is 2.69.